The molecule has 0 radical (unpaired) electrons. The van der Waals surface area contributed by atoms with Gasteiger partial charge in [0.15, 0.2) is 5.82 Å². The number of anilines is 1. The van der Waals surface area contributed by atoms with Crippen LogP contribution < -0.4 is 10.6 Å². The number of hydrogen-bond donors (Lipinski definition) is 2. The number of halogens is 1. The fourth-order valence-corrected chi connectivity index (χ4v) is 4.51. The summed E-state index contributed by atoms with van der Waals surface area (Å²) in [6.45, 7) is 0.339. The number of amides is 1. The van der Waals surface area contributed by atoms with E-state index >= 15 is 0 Å². The zero-order valence-corrected chi connectivity index (χ0v) is 15.5. The second kappa shape index (κ2) is 6.36. The van der Waals surface area contributed by atoms with Crippen molar-refractivity contribution in [1.82, 2.24) is 9.97 Å². The summed E-state index contributed by atoms with van der Waals surface area (Å²) in [5, 5.41) is 9.97. The van der Waals surface area contributed by atoms with Crippen LogP contribution >= 0.6 is 27.3 Å². The highest BCUT2D eigenvalue weighted by Crippen LogP contribution is 2.39. The van der Waals surface area contributed by atoms with Gasteiger partial charge in [0.1, 0.15) is 12.4 Å². The van der Waals surface area contributed by atoms with Crippen molar-refractivity contribution < 1.29 is 9.90 Å². The maximum Gasteiger partial charge on any atom is 0.240 e. The molecule has 1 aliphatic heterocycles. The molecule has 0 unspecified atom stereocenters. The van der Waals surface area contributed by atoms with E-state index in [0.717, 1.165) is 25.1 Å². The van der Waals surface area contributed by atoms with Crippen LogP contribution in [0.25, 0.3) is 20.7 Å². The zero-order valence-electron chi connectivity index (χ0n) is 13.1. The van der Waals surface area contributed by atoms with E-state index < -0.39 is 18.1 Å². The molecule has 0 saturated carbocycles. The molecule has 0 spiro atoms. The van der Waals surface area contributed by atoms with E-state index in [0.29, 0.717) is 18.8 Å². The first kappa shape index (κ1) is 16.4. The molecule has 6 nitrogen and oxygen atoms in total. The first-order valence-electron chi connectivity index (χ1n) is 7.77. The van der Waals surface area contributed by atoms with Crippen molar-refractivity contribution in [1.29, 1.82) is 0 Å². The molecule has 3 N–H and O–H groups in total. The molecule has 8 heteroatoms. The predicted octanol–water partition coefficient (Wildman–Crippen LogP) is 2.55. The van der Waals surface area contributed by atoms with E-state index in [-0.39, 0.29) is 0 Å². The van der Waals surface area contributed by atoms with E-state index in [1.807, 2.05) is 30.3 Å². The molecule has 4 rings (SSSR count). The Morgan fingerprint density at radius 2 is 2.08 bits per heavy atom. The Morgan fingerprint density at radius 3 is 2.80 bits per heavy atom. The van der Waals surface area contributed by atoms with E-state index in [4.69, 9.17) is 5.73 Å². The third kappa shape index (κ3) is 3.01. The van der Waals surface area contributed by atoms with Gasteiger partial charge in [0.2, 0.25) is 5.91 Å². The van der Waals surface area contributed by atoms with Gasteiger partial charge in [-0.05, 0) is 23.8 Å². The van der Waals surface area contributed by atoms with Crippen molar-refractivity contribution in [3.63, 3.8) is 0 Å². The number of hydrogen-bond acceptors (Lipinski definition) is 6. The van der Waals surface area contributed by atoms with Gasteiger partial charge in [0.05, 0.1) is 16.3 Å². The average Bonchev–Trinajstić information content (AvgIpc) is 3.18. The molecule has 3 aromatic rings. The largest absolute Gasteiger partial charge is 0.391 e. The maximum atomic E-state index is 11.8. The topological polar surface area (TPSA) is 92.3 Å². The number of aliphatic hydroxyl groups excluding tert-OH is 1. The molecular formula is C17H15BrN4O2S. The predicted molar refractivity (Wildman–Crippen MR) is 102 cm³/mol. The number of fused-ring (bicyclic) bond motifs is 1. The fourth-order valence-electron chi connectivity index (χ4n) is 3.12. The highest BCUT2D eigenvalue weighted by Gasteiger charge is 2.36. The number of carbonyl (C=O) groups is 1. The number of β-amino-alcohol motifs (C(OH)–C–C–N with tert-alkyl or cyclic N) is 1. The first-order chi connectivity index (χ1) is 12.0. The Balaban J connectivity index is 1.80. The van der Waals surface area contributed by atoms with Crippen LogP contribution in [-0.2, 0) is 4.79 Å². The molecule has 1 fully saturated rings. The quantitative estimate of drug-likeness (QED) is 0.681. The summed E-state index contributed by atoms with van der Waals surface area (Å²) in [5.74, 6) is 0.201. The molecule has 0 bridgehead atoms. The third-order valence-electron chi connectivity index (χ3n) is 4.30. The second-order valence-corrected chi connectivity index (χ2v) is 7.96. The van der Waals surface area contributed by atoms with Crippen molar-refractivity contribution in [3.8, 4) is 10.4 Å². The number of rotatable bonds is 3. The lowest BCUT2D eigenvalue weighted by molar-refractivity contribution is -0.119. The molecule has 1 aliphatic rings. The van der Waals surface area contributed by atoms with Gasteiger partial charge in [0, 0.05) is 22.3 Å². The lowest BCUT2D eigenvalue weighted by Crippen LogP contribution is -2.40. The summed E-state index contributed by atoms with van der Waals surface area (Å²) in [5.41, 5.74) is 7.41. The van der Waals surface area contributed by atoms with Gasteiger partial charge in [-0.2, -0.15) is 0 Å². The van der Waals surface area contributed by atoms with E-state index in [9.17, 15) is 9.90 Å². The normalized spacial score (nSPS) is 20.3. The lowest BCUT2D eigenvalue weighted by atomic mass is 10.2. The SMILES string of the molecule is NC(=O)[C@H]1C[C@H](O)CN1c1ncnc2cc(-c3ccc(Br)cc3)sc12. The van der Waals surface area contributed by atoms with Crippen LogP contribution in [0.3, 0.4) is 0 Å². The van der Waals surface area contributed by atoms with Gasteiger partial charge < -0.3 is 15.7 Å². The number of nitrogens with zero attached hydrogens (tertiary/aromatic N) is 3. The summed E-state index contributed by atoms with van der Waals surface area (Å²) < 4.78 is 1.91. The maximum absolute atomic E-state index is 11.8. The minimum Gasteiger partial charge on any atom is -0.391 e. The van der Waals surface area contributed by atoms with Crippen LogP contribution in [0.4, 0.5) is 5.82 Å². The van der Waals surface area contributed by atoms with Crippen LogP contribution in [0.5, 0.6) is 0 Å². The van der Waals surface area contributed by atoms with Gasteiger partial charge in [-0.3, -0.25) is 4.79 Å². The molecule has 1 aromatic carbocycles. The number of benzene rings is 1. The van der Waals surface area contributed by atoms with Crippen molar-refractivity contribution in [2.75, 3.05) is 11.4 Å². The number of aliphatic hydroxyl groups is 1. The molecule has 1 saturated heterocycles. The summed E-state index contributed by atoms with van der Waals surface area (Å²) >= 11 is 5.01. The van der Waals surface area contributed by atoms with Crippen molar-refractivity contribution in [3.05, 3.63) is 41.1 Å². The minimum atomic E-state index is -0.589. The van der Waals surface area contributed by atoms with Gasteiger partial charge in [-0.15, -0.1) is 11.3 Å². The van der Waals surface area contributed by atoms with Gasteiger partial charge in [-0.25, -0.2) is 9.97 Å². The standard InChI is InChI=1S/C17H15BrN4O2S/c18-10-3-1-9(2-4-10)14-6-12-15(25-14)17(21-8-20-12)22-7-11(23)5-13(22)16(19)24/h1-4,6,8,11,13,23H,5,7H2,(H2,19,24)/t11-,13+/m0/s1. The molecule has 2 atom stereocenters. The van der Waals surface area contributed by atoms with Gasteiger partial charge in [-0.1, -0.05) is 28.1 Å². The van der Waals surface area contributed by atoms with Gasteiger partial charge in [0.25, 0.3) is 0 Å². The number of primary amides is 1. The zero-order chi connectivity index (χ0) is 17.6. The summed E-state index contributed by atoms with van der Waals surface area (Å²) in [6, 6.07) is 9.52. The van der Waals surface area contributed by atoms with Crippen LogP contribution in [0, 0.1) is 0 Å². The molecule has 128 valence electrons. The third-order valence-corrected chi connectivity index (χ3v) is 6.00. The molecular weight excluding hydrogens is 404 g/mol. The fraction of sp³-hybridized carbons (Fsp3) is 0.235. The Bertz CT molecular complexity index is 943. The minimum absolute atomic E-state index is 0.325. The molecule has 3 heterocycles. The van der Waals surface area contributed by atoms with E-state index in [2.05, 4.69) is 25.9 Å². The number of thiophene rings is 1. The van der Waals surface area contributed by atoms with Crippen molar-refractivity contribution in [2.24, 2.45) is 5.73 Å². The number of nitrogens with two attached hydrogens (primary N) is 1. The highest BCUT2D eigenvalue weighted by atomic mass is 79.9. The second-order valence-electron chi connectivity index (χ2n) is 5.99. The Hall–Kier alpha value is -2.03. The smallest absolute Gasteiger partial charge is 0.240 e. The van der Waals surface area contributed by atoms with Crippen molar-refractivity contribution in [2.45, 2.75) is 18.6 Å². The summed E-state index contributed by atoms with van der Waals surface area (Å²) in [6.07, 6.45) is 1.22. The van der Waals surface area contributed by atoms with Crippen LogP contribution in [-0.4, -0.2) is 39.7 Å². The molecule has 25 heavy (non-hydrogen) atoms. The lowest BCUT2D eigenvalue weighted by Gasteiger charge is -2.23. The number of aromatic nitrogens is 2. The van der Waals surface area contributed by atoms with E-state index in [1.54, 1.807) is 16.2 Å². The van der Waals surface area contributed by atoms with Crippen molar-refractivity contribution >= 4 is 49.2 Å². The Kier molecular flexibility index (Phi) is 4.18. The van der Waals surface area contributed by atoms with E-state index in [1.165, 1.54) is 6.33 Å². The monoisotopic (exact) mass is 418 g/mol. The summed E-state index contributed by atoms with van der Waals surface area (Å²) in [4.78, 5) is 23.3. The first-order valence-corrected chi connectivity index (χ1v) is 9.38. The molecule has 1 amide bonds. The average molecular weight is 419 g/mol. The van der Waals surface area contributed by atoms with Crippen LogP contribution in [0.15, 0.2) is 41.1 Å². The summed E-state index contributed by atoms with van der Waals surface area (Å²) in [7, 11) is 0. The Morgan fingerprint density at radius 1 is 1.32 bits per heavy atom. The van der Waals surface area contributed by atoms with Crippen LogP contribution in [0.2, 0.25) is 0 Å². The van der Waals surface area contributed by atoms with Gasteiger partial charge >= 0.3 is 0 Å². The Labute approximate surface area is 156 Å². The molecule has 0 aliphatic carbocycles. The van der Waals surface area contributed by atoms with Crippen LogP contribution in [0.1, 0.15) is 6.42 Å². The number of carbonyl (C=O) groups excluding carboxylic acids is 1. The molecule has 2 aromatic heterocycles. The highest BCUT2D eigenvalue weighted by molar-refractivity contribution is 9.10.